The van der Waals surface area contributed by atoms with Crippen LogP contribution in [0.15, 0.2) is 60.0 Å². The van der Waals surface area contributed by atoms with E-state index < -0.39 is 5.54 Å². The lowest BCUT2D eigenvalue weighted by atomic mass is 9.97. The van der Waals surface area contributed by atoms with Crippen LogP contribution in [-0.2, 0) is 9.59 Å². The molecule has 4 aliphatic rings. The van der Waals surface area contributed by atoms with Crippen molar-refractivity contribution in [1.29, 1.82) is 0 Å². The number of amides is 2. The summed E-state index contributed by atoms with van der Waals surface area (Å²) in [5.41, 5.74) is 3.54. The Hall–Kier alpha value is -3.61. The number of rotatable bonds is 5. The number of benzene rings is 2. The fourth-order valence-corrected chi connectivity index (χ4v) is 5.17. The molecule has 2 aliphatic heterocycles. The Morgan fingerprint density at radius 2 is 1.74 bits per heavy atom. The van der Waals surface area contributed by atoms with Crippen LogP contribution in [0.4, 0.5) is 0 Å². The molecule has 1 aromatic heterocycles. The van der Waals surface area contributed by atoms with Crippen LogP contribution in [0.2, 0.25) is 0 Å². The smallest absolute Gasteiger partial charge is 0.256 e. The Morgan fingerprint density at radius 3 is 2.47 bits per heavy atom. The van der Waals surface area contributed by atoms with Crippen LogP contribution in [0, 0.1) is 11.8 Å². The third-order valence-electron chi connectivity index (χ3n) is 7.56. The summed E-state index contributed by atoms with van der Waals surface area (Å²) in [6.07, 6.45) is 7.12. The van der Waals surface area contributed by atoms with Crippen LogP contribution in [0.3, 0.4) is 0 Å². The molecule has 7 heteroatoms. The first-order chi connectivity index (χ1) is 16.6. The number of carbonyl (C=O) groups is 2. The standard InChI is InChI=1S/C27H25N5O2/c33-25(20-5-6-20)31-13-17(14-31)15-32-24(30-27(9-10-27)26(32)34)19-3-1-18(2-4-19)21-7-8-22-12-28-16-29-23(22)11-21/h1-4,7-8,11-12,16-17,20H,5-6,9-10,13-15H2. The van der Waals surface area contributed by atoms with Crippen LogP contribution >= 0.6 is 0 Å². The van der Waals surface area contributed by atoms with Gasteiger partial charge < -0.3 is 4.90 Å². The van der Waals surface area contributed by atoms with E-state index in [1.165, 1.54) is 0 Å². The molecule has 0 atom stereocenters. The van der Waals surface area contributed by atoms with E-state index in [1.807, 2.05) is 22.1 Å². The van der Waals surface area contributed by atoms with Crippen molar-refractivity contribution in [3.05, 3.63) is 60.6 Å². The zero-order chi connectivity index (χ0) is 22.9. The van der Waals surface area contributed by atoms with E-state index in [4.69, 9.17) is 4.99 Å². The molecule has 0 radical (unpaired) electrons. The Morgan fingerprint density at radius 1 is 1.00 bits per heavy atom. The molecule has 2 saturated carbocycles. The molecule has 2 aliphatic carbocycles. The van der Waals surface area contributed by atoms with Gasteiger partial charge >= 0.3 is 0 Å². The van der Waals surface area contributed by atoms with E-state index >= 15 is 0 Å². The molecular weight excluding hydrogens is 426 g/mol. The van der Waals surface area contributed by atoms with Crippen molar-refractivity contribution in [2.24, 2.45) is 16.8 Å². The van der Waals surface area contributed by atoms with Crippen LogP contribution in [-0.4, -0.2) is 62.6 Å². The van der Waals surface area contributed by atoms with E-state index in [0.29, 0.717) is 18.4 Å². The summed E-state index contributed by atoms with van der Waals surface area (Å²) in [5, 5.41) is 1.01. The van der Waals surface area contributed by atoms with E-state index in [2.05, 4.69) is 46.4 Å². The van der Waals surface area contributed by atoms with E-state index in [1.54, 1.807) is 6.33 Å². The molecule has 1 spiro atoms. The molecule has 2 aromatic carbocycles. The Balaban J connectivity index is 1.11. The Bertz CT molecular complexity index is 1350. The average molecular weight is 452 g/mol. The molecule has 34 heavy (non-hydrogen) atoms. The summed E-state index contributed by atoms with van der Waals surface area (Å²) < 4.78 is 0. The van der Waals surface area contributed by atoms with Gasteiger partial charge in [0.2, 0.25) is 5.91 Å². The second-order valence-corrected chi connectivity index (χ2v) is 10.1. The third kappa shape index (κ3) is 3.22. The topological polar surface area (TPSA) is 78.8 Å². The van der Waals surface area contributed by atoms with Gasteiger partial charge in [0.15, 0.2) is 0 Å². The first-order valence-corrected chi connectivity index (χ1v) is 12.1. The number of carbonyl (C=O) groups excluding carboxylic acids is 2. The average Bonchev–Trinajstić information content (AvgIpc) is 3.76. The molecule has 0 N–H and O–H groups in total. The van der Waals surface area contributed by atoms with Gasteiger partial charge in [-0.1, -0.05) is 36.4 Å². The number of amidine groups is 1. The summed E-state index contributed by atoms with van der Waals surface area (Å²) >= 11 is 0. The second-order valence-electron chi connectivity index (χ2n) is 10.1. The number of hydrogen-bond acceptors (Lipinski definition) is 5. The predicted molar refractivity (Wildman–Crippen MR) is 128 cm³/mol. The summed E-state index contributed by atoms with van der Waals surface area (Å²) in [6, 6.07) is 14.5. The molecule has 2 amide bonds. The summed E-state index contributed by atoms with van der Waals surface area (Å²) in [4.78, 5) is 42.7. The number of aliphatic imine (C=N–C) groups is 1. The maximum absolute atomic E-state index is 13.2. The van der Waals surface area contributed by atoms with Crippen molar-refractivity contribution < 1.29 is 9.59 Å². The van der Waals surface area contributed by atoms with Crippen LogP contribution in [0.25, 0.3) is 22.0 Å². The summed E-state index contributed by atoms with van der Waals surface area (Å²) in [7, 11) is 0. The van der Waals surface area contributed by atoms with Crippen molar-refractivity contribution in [3.8, 4) is 11.1 Å². The zero-order valence-electron chi connectivity index (χ0n) is 18.9. The Labute approximate surface area is 197 Å². The molecule has 170 valence electrons. The number of aromatic nitrogens is 2. The van der Waals surface area contributed by atoms with Gasteiger partial charge in [-0.2, -0.15) is 0 Å². The molecule has 0 unspecified atom stereocenters. The summed E-state index contributed by atoms with van der Waals surface area (Å²) in [6.45, 7) is 2.15. The van der Waals surface area contributed by atoms with E-state index in [0.717, 1.165) is 72.2 Å². The van der Waals surface area contributed by atoms with Gasteiger partial charge in [-0.3, -0.25) is 19.5 Å². The Kier molecular flexibility index (Phi) is 4.19. The normalized spacial score (nSPS) is 21.2. The van der Waals surface area contributed by atoms with Crippen LogP contribution in [0.5, 0.6) is 0 Å². The fourth-order valence-electron chi connectivity index (χ4n) is 5.17. The molecule has 7 rings (SSSR count). The molecule has 7 nitrogen and oxygen atoms in total. The molecule has 3 heterocycles. The van der Waals surface area contributed by atoms with Gasteiger partial charge in [-0.25, -0.2) is 9.97 Å². The SMILES string of the molecule is O=C(C1CC1)N1CC(CN2C(=O)C3(CC3)N=C2c2ccc(-c3ccc4cncnc4c3)cc2)C1. The lowest BCUT2D eigenvalue weighted by Gasteiger charge is -2.41. The molecule has 3 aromatic rings. The second kappa shape index (κ2) is 7.19. The van der Waals surface area contributed by atoms with Crippen molar-refractivity contribution in [1.82, 2.24) is 19.8 Å². The van der Waals surface area contributed by atoms with Gasteiger partial charge in [0.25, 0.3) is 5.91 Å². The minimum Gasteiger partial charge on any atom is -0.342 e. The number of nitrogens with zero attached hydrogens (tertiary/aromatic N) is 5. The quantitative estimate of drug-likeness (QED) is 0.596. The minimum absolute atomic E-state index is 0.132. The first kappa shape index (κ1) is 19.8. The molecule has 1 saturated heterocycles. The molecule has 3 fully saturated rings. The fraction of sp³-hybridized carbons (Fsp3) is 0.370. The maximum atomic E-state index is 13.2. The van der Waals surface area contributed by atoms with Crippen molar-refractivity contribution in [2.75, 3.05) is 19.6 Å². The van der Waals surface area contributed by atoms with Crippen molar-refractivity contribution in [2.45, 2.75) is 31.2 Å². The number of likely N-dealkylation sites (tertiary alicyclic amines) is 1. The monoisotopic (exact) mass is 451 g/mol. The van der Waals surface area contributed by atoms with Gasteiger partial charge in [0, 0.05) is 48.6 Å². The number of fused-ring (bicyclic) bond motifs is 1. The predicted octanol–water partition coefficient (Wildman–Crippen LogP) is 3.29. The third-order valence-corrected chi connectivity index (χ3v) is 7.56. The highest BCUT2D eigenvalue weighted by Crippen LogP contribution is 2.46. The van der Waals surface area contributed by atoms with Gasteiger partial charge in [0.1, 0.15) is 17.7 Å². The van der Waals surface area contributed by atoms with Crippen LogP contribution in [0.1, 0.15) is 31.2 Å². The highest BCUT2D eigenvalue weighted by Gasteiger charge is 2.57. The molecule has 0 bridgehead atoms. The maximum Gasteiger partial charge on any atom is 0.256 e. The van der Waals surface area contributed by atoms with Gasteiger partial charge in [0.05, 0.1) is 5.52 Å². The van der Waals surface area contributed by atoms with Gasteiger partial charge in [-0.05, 0) is 42.9 Å². The lowest BCUT2D eigenvalue weighted by molar-refractivity contribution is -0.139. The highest BCUT2D eigenvalue weighted by atomic mass is 16.2. The van der Waals surface area contributed by atoms with Crippen molar-refractivity contribution in [3.63, 3.8) is 0 Å². The van der Waals surface area contributed by atoms with Gasteiger partial charge in [-0.15, -0.1) is 0 Å². The largest absolute Gasteiger partial charge is 0.342 e. The van der Waals surface area contributed by atoms with Crippen molar-refractivity contribution >= 4 is 28.6 Å². The number of hydrogen-bond donors (Lipinski definition) is 0. The lowest BCUT2D eigenvalue weighted by Crippen LogP contribution is -2.55. The molecular formula is C27H25N5O2. The minimum atomic E-state index is -0.528. The van der Waals surface area contributed by atoms with Crippen LogP contribution < -0.4 is 0 Å². The van der Waals surface area contributed by atoms with E-state index in [-0.39, 0.29) is 11.8 Å². The summed E-state index contributed by atoms with van der Waals surface area (Å²) in [5.74, 6) is 1.80. The van der Waals surface area contributed by atoms with E-state index in [9.17, 15) is 9.59 Å². The first-order valence-electron chi connectivity index (χ1n) is 12.1. The highest BCUT2D eigenvalue weighted by molar-refractivity contribution is 6.16. The zero-order valence-corrected chi connectivity index (χ0v) is 18.9.